The van der Waals surface area contributed by atoms with Crippen LogP contribution in [-0.2, 0) is 0 Å². The smallest absolute Gasteiger partial charge is 0.138 e. The topological polar surface area (TPSA) is 46.3 Å². The number of benzene rings is 1. The van der Waals surface area contributed by atoms with Crippen LogP contribution in [-0.4, -0.2) is 10.1 Å². The maximum absolute atomic E-state index is 13.2. The number of hydrogen-bond donors (Lipinski definition) is 1. The van der Waals surface area contributed by atoms with Gasteiger partial charge in [0.05, 0.1) is 0 Å². The molecule has 0 aliphatic heterocycles. The highest BCUT2D eigenvalue weighted by molar-refractivity contribution is 5.78. The summed E-state index contributed by atoms with van der Waals surface area (Å²) in [6, 6.07) is 9.60. The molecule has 1 aromatic carbocycles. The Morgan fingerprint density at radius 2 is 1.95 bits per heavy atom. The first-order chi connectivity index (χ1) is 9.54. The highest BCUT2D eigenvalue weighted by atomic mass is 19.1. The first kappa shape index (κ1) is 12.8. The predicted molar refractivity (Wildman–Crippen MR) is 73.9 cm³/mol. The van der Waals surface area contributed by atoms with Gasteiger partial charge in [0.25, 0.3) is 0 Å². The number of furan rings is 1. The normalized spacial score (nSPS) is 12.8. The van der Waals surface area contributed by atoms with Crippen molar-refractivity contribution in [2.24, 2.45) is 0 Å². The van der Waals surface area contributed by atoms with E-state index in [9.17, 15) is 9.50 Å². The third kappa shape index (κ3) is 2.18. The van der Waals surface area contributed by atoms with Gasteiger partial charge in [-0.1, -0.05) is 6.07 Å². The molecule has 0 spiro atoms. The van der Waals surface area contributed by atoms with Crippen LogP contribution in [0.2, 0.25) is 0 Å². The average molecular weight is 271 g/mol. The zero-order chi connectivity index (χ0) is 14.3. The van der Waals surface area contributed by atoms with Gasteiger partial charge in [0.2, 0.25) is 0 Å². The molecule has 2 heterocycles. The maximum Gasteiger partial charge on any atom is 0.138 e. The van der Waals surface area contributed by atoms with E-state index in [-0.39, 0.29) is 5.82 Å². The van der Waals surface area contributed by atoms with Crippen LogP contribution in [0.3, 0.4) is 0 Å². The molecule has 0 amide bonds. The van der Waals surface area contributed by atoms with E-state index in [1.54, 1.807) is 12.1 Å². The molecule has 4 heteroatoms. The molecule has 0 bridgehead atoms. The Morgan fingerprint density at radius 3 is 2.70 bits per heavy atom. The molecule has 0 saturated heterocycles. The van der Waals surface area contributed by atoms with E-state index in [4.69, 9.17) is 4.42 Å². The van der Waals surface area contributed by atoms with Gasteiger partial charge in [-0.05, 0) is 44.2 Å². The Balaban J connectivity index is 2.05. The third-order valence-electron chi connectivity index (χ3n) is 3.33. The molecule has 1 atom stereocenters. The van der Waals surface area contributed by atoms with Crippen LogP contribution in [0.5, 0.6) is 0 Å². The summed E-state index contributed by atoms with van der Waals surface area (Å²) in [6.45, 7) is 3.74. The summed E-state index contributed by atoms with van der Waals surface area (Å²) in [5.74, 6) is 0.0619. The van der Waals surface area contributed by atoms with Crippen LogP contribution in [0.15, 0.2) is 40.8 Å². The van der Waals surface area contributed by atoms with Gasteiger partial charge >= 0.3 is 0 Å². The lowest BCUT2D eigenvalue weighted by atomic mass is 10.1. The Bertz CT molecular complexity index is 779. The minimum absolute atomic E-state index is 0.326. The standard InChI is InChI=1S/C16H14FNO2/c1-9-3-5-13(10(2)18-9)16(19)15-8-11-7-12(17)4-6-14(11)20-15/h3-8,16,19H,1-2H3. The van der Waals surface area contributed by atoms with E-state index >= 15 is 0 Å². The Labute approximate surface area is 115 Å². The number of hydrogen-bond acceptors (Lipinski definition) is 3. The lowest BCUT2D eigenvalue weighted by molar-refractivity contribution is 0.191. The van der Waals surface area contributed by atoms with Crippen molar-refractivity contribution in [3.63, 3.8) is 0 Å². The summed E-state index contributed by atoms with van der Waals surface area (Å²) in [4.78, 5) is 4.33. The molecule has 0 radical (unpaired) electrons. The van der Waals surface area contributed by atoms with Crippen molar-refractivity contribution in [3.8, 4) is 0 Å². The zero-order valence-corrected chi connectivity index (χ0v) is 11.2. The van der Waals surface area contributed by atoms with Crippen molar-refractivity contribution >= 4 is 11.0 Å². The van der Waals surface area contributed by atoms with Gasteiger partial charge in [0.1, 0.15) is 23.3 Å². The third-order valence-corrected chi connectivity index (χ3v) is 3.33. The van der Waals surface area contributed by atoms with Gasteiger partial charge in [0.15, 0.2) is 0 Å². The second kappa shape index (κ2) is 4.72. The Kier molecular flexibility index (Phi) is 3.03. The molecule has 0 aliphatic carbocycles. The van der Waals surface area contributed by atoms with Gasteiger partial charge in [-0.25, -0.2) is 4.39 Å². The van der Waals surface area contributed by atoms with E-state index in [1.807, 2.05) is 26.0 Å². The second-order valence-corrected chi connectivity index (χ2v) is 4.86. The summed E-state index contributed by atoms with van der Waals surface area (Å²) >= 11 is 0. The highest BCUT2D eigenvalue weighted by Crippen LogP contribution is 2.29. The first-order valence-corrected chi connectivity index (χ1v) is 6.36. The highest BCUT2D eigenvalue weighted by Gasteiger charge is 2.18. The van der Waals surface area contributed by atoms with Crippen molar-refractivity contribution in [2.45, 2.75) is 20.0 Å². The van der Waals surface area contributed by atoms with E-state index in [1.165, 1.54) is 12.1 Å². The van der Waals surface area contributed by atoms with Crippen LogP contribution in [0.25, 0.3) is 11.0 Å². The minimum Gasteiger partial charge on any atom is -0.458 e. The number of halogens is 1. The van der Waals surface area contributed by atoms with E-state index in [2.05, 4.69) is 4.98 Å². The second-order valence-electron chi connectivity index (χ2n) is 4.86. The molecular formula is C16H14FNO2. The van der Waals surface area contributed by atoms with Gasteiger partial charge in [-0.2, -0.15) is 0 Å². The molecule has 2 aromatic heterocycles. The largest absolute Gasteiger partial charge is 0.458 e. The number of pyridine rings is 1. The molecule has 3 rings (SSSR count). The van der Waals surface area contributed by atoms with Crippen LogP contribution >= 0.6 is 0 Å². The Morgan fingerprint density at radius 1 is 1.15 bits per heavy atom. The van der Waals surface area contributed by atoms with Gasteiger partial charge in [0, 0.05) is 22.3 Å². The zero-order valence-electron chi connectivity index (χ0n) is 11.2. The minimum atomic E-state index is -0.904. The van der Waals surface area contributed by atoms with Crippen molar-refractivity contribution in [3.05, 3.63) is 64.9 Å². The molecule has 0 fully saturated rings. The summed E-state index contributed by atoms with van der Waals surface area (Å²) in [7, 11) is 0. The fourth-order valence-electron chi connectivity index (χ4n) is 2.31. The molecule has 3 nitrogen and oxygen atoms in total. The van der Waals surface area contributed by atoms with Crippen molar-refractivity contribution in [1.29, 1.82) is 0 Å². The fourth-order valence-corrected chi connectivity index (χ4v) is 2.31. The van der Waals surface area contributed by atoms with Crippen molar-refractivity contribution < 1.29 is 13.9 Å². The SMILES string of the molecule is Cc1ccc(C(O)c2cc3cc(F)ccc3o2)c(C)n1. The summed E-state index contributed by atoms with van der Waals surface area (Å²) in [5.41, 5.74) is 2.89. The molecule has 0 saturated carbocycles. The van der Waals surface area contributed by atoms with Crippen molar-refractivity contribution in [1.82, 2.24) is 4.98 Å². The van der Waals surface area contributed by atoms with Gasteiger partial charge in [-0.15, -0.1) is 0 Å². The first-order valence-electron chi connectivity index (χ1n) is 6.36. The number of aliphatic hydroxyl groups excluding tert-OH is 1. The number of aliphatic hydroxyl groups is 1. The van der Waals surface area contributed by atoms with E-state index in [0.29, 0.717) is 22.3 Å². The van der Waals surface area contributed by atoms with Crippen LogP contribution in [0, 0.1) is 19.7 Å². The van der Waals surface area contributed by atoms with Crippen LogP contribution < -0.4 is 0 Å². The predicted octanol–water partition coefficient (Wildman–Crippen LogP) is 3.67. The fraction of sp³-hybridized carbons (Fsp3) is 0.188. The molecule has 1 unspecified atom stereocenters. The van der Waals surface area contributed by atoms with Crippen LogP contribution in [0.4, 0.5) is 4.39 Å². The lowest BCUT2D eigenvalue weighted by Gasteiger charge is -2.11. The maximum atomic E-state index is 13.2. The van der Waals surface area contributed by atoms with Crippen molar-refractivity contribution in [2.75, 3.05) is 0 Å². The molecular weight excluding hydrogens is 257 g/mol. The average Bonchev–Trinajstić information content (AvgIpc) is 2.81. The van der Waals surface area contributed by atoms with Crippen LogP contribution in [0.1, 0.15) is 28.8 Å². The number of nitrogens with zero attached hydrogens (tertiary/aromatic N) is 1. The van der Waals surface area contributed by atoms with E-state index < -0.39 is 6.10 Å². The molecule has 1 N–H and O–H groups in total. The molecule has 20 heavy (non-hydrogen) atoms. The molecule has 3 aromatic rings. The number of rotatable bonds is 2. The molecule has 0 aliphatic rings. The monoisotopic (exact) mass is 271 g/mol. The summed E-state index contributed by atoms with van der Waals surface area (Å²) in [6.07, 6.45) is -0.904. The summed E-state index contributed by atoms with van der Waals surface area (Å²) < 4.78 is 18.7. The quantitative estimate of drug-likeness (QED) is 0.773. The van der Waals surface area contributed by atoms with E-state index in [0.717, 1.165) is 11.4 Å². The number of fused-ring (bicyclic) bond motifs is 1. The van der Waals surface area contributed by atoms with Gasteiger partial charge in [-0.3, -0.25) is 4.98 Å². The summed E-state index contributed by atoms with van der Waals surface area (Å²) in [5, 5.41) is 11.0. The van der Waals surface area contributed by atoms with Gasteiger partial charge < -0.3 is 9.52 Å². The number of aryl methyl sites for hydroxylation is 2. The molecule has 102 valence electrons. The Hall–Kier alpha value is -2.20. The lowest BCUT2D eigenvalue weighted by Crippen LogP contribution is -2.03. The number of aromatic nitrogens is 1.